The molecule has 0 aliphatic carbocycles. The van der Waals surface area contributed by atoms with Crippen LogP contribution in [0.5, 0.6) is 11.5 Å². The molecule has 1 aromatic heterocycles. The normalized spacial score (nSPS) is 10.5. The molecular formula is C16H13FN2O. The second-order valence-corrected chi connectivity index (χ2v) is 4.52. The third-order valence-electron chi connectivity index (χ3n) is 2.89. The first-order valence-electron chi connectivity index (χ1n) is 6.26. The number of halogens is 1. The first kappa shape index (κ1) is 12.4. The fraction of sp³-hybridized carbons (Fsp3) is 0.0625. The standard InChI is InChI=1S/C16H13FN2O/c1-12-5-7-14(8-6-12)19-11-16(10-18-19)20-15-4-2-3-13(17)9-15/h2-11H,1H3. The van der Waals surface area contributed by atoms with Gasteiger partial charge in [0.05, 0.1) is 18.1 Å². The molecule has 3 nitrogen and oxygen atoms in total. The largest absolute Gasteiger partial charge is 0.454 e. The van der Waals surface area contributed by atoms with Crippen molar-refractivity contribution in [3.05, 3.63) is 72.3 Å². The topological polar surface area (TPSA) is 27.1 Å². The molecular weight excluding hydrogens is 255 g/mol. The summed E-state index contributed by atoms with van der Waals surface area (Å²) in [4.78, 5) is 0. The van der Waals surface area contributed by atoms with Crippen molar-refractivity contribution >= 4 is 0 Å². The first-order valence-corrected chi connectivity index (χ1v) is 6.26. The van der Waals surface area contributed by atoms with Crippen LogP contribution in [-0.2, 0) is 0 Å². The SMILES string of the molecule is Cc1ccc(-n2cc(Oc3cccc(F)c3)cn2)cc1. The van der Waals surface area contributed by atoms with Gasteiger partial charge in [-0.15, -0.1) is 0 Å². The van der Waals surface area contributed by atoms with Crippen LogP contribution in [0.2, 0.25) is 0 Å². The van der Waals surface area contributed by atoms with Gasteiger partial charge in [0, 0.05) is 6.07 Å². The molecule has 0 radical (unpaired) electrons. The quantitative estimate of drug-likeness (QED) is 0.714. The van der Waals surface area contributed by atoms with Crippen molar-refractivity contribution in [2.75, 3.05) is 0 Å². The molecule has 0 aliphatic rings. The molecule has 0 saturated carbocycles. The number of benzene rings is 2. The average Bonchev–Trinajstić information content (AvgIpc) is 2.88. The maximum absolute atomic E-state index is 13.1. The monoisotopic (exact) mass is 268 g/mol. The molecule has 3 aromatic rings. The fourth-order valence-corrected chi connectivity index (χ4v) is 1.86. The smallest absolute Gasteiger partial charge is 0.165 e. The summed E-state index contributed by atoms with van der Waals surface area (Å²) >= 11 is 0. The van der Waals surface area contributed by atoms with Crippen molar-refractivity contribution in [2.24, 2.45) is 0 Å². The van der Waals surface area contributed by atoms with Crippen LogP contribution in [0.25, 0.3) is 5.69 Å². The Balaban J connectivity index is 1.82. The van der Waals surface area contributed by atoms with Crippen LogP contribution in [0.3, 0.4) is 0 Å². The predicted octanol–water partition coefficient (Wildman–Crippen LogP) is 4.11. The molecule has 4 heteroatoms. The Morgan fingerprint density at radius 1 is 1.05 bits per heavy atom. The van der Waals surface area contributed by atoms with Gasteiger partial charge in [0.2, 0.25) is 0 Å². The summed E-state index contributed by atoms with van der Waals surface area (Å²) in [6, 6.07) is 14.0. The van der Waals surface area contributed by atoms with Gasteiger partial charge in [0.15, 0.2) is 5.75 Å². The van der Waals surface area contributed by atoms with E-state index in [1.54, 1.807) is 29.2 Å². The summed E-state index contributed by atoms with van der Waals surface area (Å²) in [5, 5.41) is 4.23. The molecule has 0 N–H and O–H groups in total. The van der Waals surface area contributed by atoms with Crippen molar-refractivity contribution in [2.45, 2.75) is 6.92 Å². The summed E-state index contributed by atoms with van der Waals surface area (Å²) in [6.07, 6.45) is 3.36. The molecule has 0 unspecified atom stereocenters. The van der Waals surface area contributed by atoms with Crippen molar-refractivity contribution in [1.82, 2.24) is 9.78 Å². The highest BCUT2D eigenvalue weighted by molar-refractivity contribution is 5.36. The second kappa shape index (κ2) is 5.17. The Morgan fingerprint density at radius 3 is 2.60 bits per heavy atom. The van der Waals surface area contributed by atoms with E-state index < -0.39 is 0 Å². The average molecular weight is 268 g/mol. The minimum Gasteiger partial charge on any atom is -0.454 e. The summed E-state index contributed by atoms with van der Waals surface area (Å²) in [5.74, 6) is 0.693. The van der Waals surface area contributed by atoms with E-state index >= 15 is 0 Å². The van der Waals surface area contributed by atoms with Crippen molar-refractivity contribution in [1.29, 1.82) is 0 Å². The molecule has 0 bridgehead atoms. The van der Waals surface area contributed by atoms with Crippen molar-refractivity contribution < 1.29 is 9.13 Å². The molecule has 1 heterocycles. The van der Waals surface area contributed by atoms with Crippen molar-refractivity contribution in [3.8, 4) is 17.2 Å². The van der Waals surface area contributed by atoms with Crippen LogP contribution in [-0.4, -0.2) is 9.78 Å². The lowest BCUT2D eigenvalue weighted by molar-refractivity contribution is 0.476. The second-order valence-electron chi connectivity index (χ2n) is 4.52. The molecule has 0 atom stereocenters. The number of hydrogen-bond acceptors (Lipinski definition) is 2. The van der Waals surface area contributed by atoms with E-state index in [-0.39, 0.29) is 5.82 Å². The van der Waals surface area contributed by atoms with E-state index in [0.29, 0.717) is 11.5 Å². The Morgan fingerprint density at radius 2 is 1.85 bits per heavy atom. The zero-order valence-corrected chi connectivity index (χ0v) is 11.0. The van der Waals surface area contributed by atoms with E-state index in [1.807, 2.05) is 31.2 Å². The van der Waals surface area contributed by atoms with Crippen molar-refractivity contribution in [3.63, 3.8) is 0 Å². The van der Waals surface area contributed by atoms with E-state index in [2.05, 4.69) is 5.10 Å². The van der Waals surface area contributed by atoms with Gasteiger partial charge in [0.1, 0.15) is 11.6 Å². The third-order valence-corrected chi connectivity index (χ3v) is 2.89. The first-order chi connectivity index (χ1) is 9.70. The highest BCUT2D eigenvalue weighted by atomic mass is 19.1. The Hall–Kier alpha value is -2.62. The highest BCUT2D eigenvalue weighted by Gasteiger charge is 2.03. The zero-order valence-electron chi connectivity index (χ0n) is 11.0. The zero-order chi connectivity index (χ0) is 13.9. The van der Waals surface area contributed by atoms with E-state index in [9.17, 15) is 4.39 Å². The highest BCUT2D eigenvalue weighted by Crippen LogP contribution is 2.22. The lowest BCUT2D eigenvalue weighted by Crippen LogP contribution is -1.93. The van der Waals surface area contributed by atoms with Gasteiger partial charge in [-0.3, -0.25) is 0 Å². The Bertz CT molecular complexity index is 719. The maximum atomic E-state index is 13.1. The van der Waals surface area contributed by atoms with Crippen LogP contribution in [0.15, 0.2) is 60.9 Å². The number of ether oxygens (including phenoxy) is 1. The molecule has 0 amide bonds. The summed E-state index contributed by atoms with van der Waals surface area (Å²) < 4.78 is 20.4. The van der Waals surface area contributed by atoms with Crippen LogP contribution >= 0.6 is 0 Å². The van der Waals surface area contributed by atoms with E-state index in [4.69, 9.17) is 4.74 Å². The summed E-state index contributed by atoms with van der Waals surface area (Å²) in [6.45, 7) is 2.03. The molecule has 2 aromatic carbocycles. The Labute approximate surface area is 116 Å². The number of hydrogen-bond donors (Lipinski definition) is 0. The van der Waals surface area contributed by atoms with Gasteiger partial charge in [-0.1, -0.05) is 23.8 Å². The lowest BCUT2D eigenvalue weighted by atomic mass is 10.2. The third kappa shape index (κ3) is 2.69. The number of aromatic nitrogens is 2. The van der Waals surface area contributed by atoms with Gasteiger partial charge in [-0.25, -0.2) is 9.07 Å². The predicted molar refractivity (Wildman–Crippen MR) is 74.8 cm³/mol. The molecule has 3 rings (SSSR count). The number of nitrogens with zero attached hydrogens (tertiary/aromatic N) is 2. The van der Waals surface area contributed by atoms with E-state index in [1.165, 1.54) is 17.7 Å². The summed E-state index contributed by atoms with van der Waals surface area (Å²) in [7, 11) is 0. The Kier molecular flexibility index (Phi) is 3.21. The molecule has 0 saturated heterocycles. The van der Waals surface area contributed by atoms with Crippen LogP contribution in [0.4, 0.5) is 4.39 Å². The van der Waals surface area contributed by atoms with Gasteiger partial charge in [-0.2, -0.15) is 5.10 Å². The number of aryl methyl sites for hydroxylation is 1. The van der Waals surface area contributed by atoms with Crippen LogP contribution < -0.4 is 4.74 Å². The number of rotatable bonds is 3. The molecule has 20 heavy (non-hydrogen) atoms. The van der Waals surface area contributed by atoms with E-state index in [0.717, 1.165) is 5.69 Å². The van der Waals surface area contributed by atoms with Gasteiger partial charge in [-0.05, 0) is 31.2 Å². The molecule has 0 aliphatic heterocycles. The fourth-order valence-electron chi connectivity index (χ4n) is 1.86. The van der Waals surface area contributed by atoms with Crippen LogP contribution in [0, 0.1) is 12.7 Å². The van der Waals surface area contributed by atoms with Gasteiger partial charge < -0.3 is 4.74 Å². The molecule has 0 spiro atoms. The lowest BCUT2D eigenvalue weighted by Gasteiger charge is -2.02. The van der Waals surface area contributed by atoms with Gasteiger partial charge in [0.25, 0.3) is 0 Å². The molecule has 0 fully saturated rings. The van der Waals surface area contributed by atoms with Crippen LogP contribution in [0.1, 0.15) is 5.56 Å². The molecule has 100 valence electrons. The maximum Gasteiger partial charge on any atom is 0.165 e. The minimum atomic E-state index is -0.326. The minimum absolute atomic E-state index is 0.326. The van der Waals surface area contributed by atoms with Gasteiger partial charge >= 0.3 is 0 Å². The summed E-state index contributed by atoms with van der Waals surface area (Å²) in [5.41, 5.74) is 2.14.